The number of alkyl halides is 4. The van der Waals surface area contributed by atoms with E-state index in [1.807, 2.05) is 0 Å². The Labute approximate surface area is 109 Å². The standard InChI is InChI=1S/C13H18F4O2/c1-11-3-8-2-9(4-11)18-6-12(14,15)13(16,17)7-19-10(8)5-11/h8-10H,2-7H2,1H3. The lowest BCUT2D eigenvalue weighted by Crippen LogP contribution is -2.50. The summed E-state index contributed by atoms with van der Waals surface area (Å²) < 4.78 is 64.1. The van der Waals surface area contributed by atoms with E-state index in [4.69, 9.17) is 9.47 Å². The molecule has 0 aromatic heterocycles. The fourth-order valence-corrected chi connectivity index (χ4v) is 3.84. The van der Waals surface area contributed by atoms with Crippen molar-refractivity contribution in [3.05, 3.63) is 0 Å². The van der Waals surface area contributed by atoms with E-state index in [9.17, 15) is 17.6 Å². The van der Waals surface area contributed by atoms with Gasteiger partial charge in [-0.25, -0.2) is 0 Å². The molecule has 2 nitrogen and oxygen atoms in total. The monoisotopic (exact) mass is 282 g/mol. The van der Waals surface area contributed by atoms with Crippen molar-refractivity contribution in [2.75, 3.05) is 13.2 Å². The lowest BCUT2D eigenvalue weighted by Gasteiger charge is -2.37. The number of rotatable bonds is 0. The molecule has 6 heteroatoms. The minimum absolute atomic E-state index is 0.0207. The third kappa shape index (κ3) is 2.27. The Hall–Kier alpha value is -0.360. The summed E-state index contributed by atoms with van der Waals surface area (Å²) in [6.45, 7) is -0.375. The fourth-order valence-electron chi connectivity index (χ4n) is 3.84. The minimum atomic E-state index is -4.16. The second-order valence-electron chi connectivity index (χ2n) is 6.61. The molecule has 3 rings (SSSR count). The number of fused-ring (bicyclic) bond motifs is 2. The van der Waals surface area contributed by atoms with Gasteiger partial charge in [0.05, 0.1) is 12.2 Å². The van der Waals surface area contributed by atoms with Crippen LogP contribution in [-0.2, 0) is 9.47 Å². The third-order valence-electron chi connectivity index (χ3n) is 4.77. The van der Waals surface area contributed by atoms with E-state index in [-0.39, 0.29) is 23.5 Å². The van der Waals surface area contributed by atoms with Crippen LogP contribution in [0.1, 0.15) is 32.6 Å². The SMILES string of the molecule is CC12CC3CC(C1)C(C2)OCC(F)(F)C(F)(F)CO3. The van der Waals surface area contributed by atoms with Gasteiger partial charge >= 0.3 is 11.8 Å². The Kier molecular flexibility index (Phi) is 2.92. The van der Waals surface area contributed by atoms with Crippen molar-refractivity contribution in [3.8, 4) is 0 Å². The molecular formula is C13H18F4O2. The average molecular weight is 282 g/mol. The molecule has 3 fully saturated rings. The summed E-state index contributed by atoms with van der Waals surface area (Å²) in [5, 5.41) is 0. The lowest BCUT2D eigenvalue weighted by molar-refractivity contribution is -0.267. The molecule has 3 aliphatic rings. The lowest BCUT2D eigenvalue weighted by atomic mass is 9.76. The van der Waals surface area contributed by atoms with Gasteiger partial charge in [-0.15, -0.1) is 0 Å². The highest BCUT2D eigenvalue weighted by Crippen LogP contribution is 2.54. The molecule has 4 unspecified atom stereocenters. The molecule has 0 radical (unpaired) electrons. The van der Waals surface area contributed by atoms with Gasteiger partial charge in [0, 0.05) is 0 Å². The first kappa shape index (κ1) is 13.6. The largest absolute Gasteiger partial charge is 0.372 e. The molecule has 0 aromatic rings. The van der Waals surface area contributed by atoms with E-state index >= 15 is 0 Å². The van der Waals surface area contributed by atoms with E-state index < -0.39 is 25.1 Å². The van der Waals surface area contributed by atoms with E-state index in [2.05, 4.69) is 6.92 Å². The molecule has 0 spiro atoms. The summed E-state index contributed by atoms with van der Waals surface area (Å²) >= 11 is 0. The third-order valence-corrected chi connectivity index (χ3v) is 4.77. The van der Waals surface area contributed by atoms with Crippen LogP contribution in [0.25, 0.3) is 0 Å². The average Bonchev–Trinajstić information content (AvgIpc) is 2.52. The highest BCUT2D eigenvalue weighted by Gasteiger charge is 2.59. The highest BCUT2D eigenvalue weighted by molar-refractivity contribution is 5.00. The molecule has 110 valence electrons. The summed E-state index contributed by atoms with van der Waals surface area (Å²) in [6, 6.07) is 0. The zero-order valence-corrected chi connectivity index (χ0v) is 10.8. The van der Waals surface area contributed by atoms with Gasteiger partial charge in [0.15, 0.2) is 0 Å². The molecule has 0 N–H and O–H groups in total. The first-order valence-electron chi connectivity index (χ1n) is 6.70. The first-order valence-corrected chi connectivity index (χ1v) is 6.70. The molecule has 19 heavy (non-hydrogen) atoms. The summed E-state index contributed by atoms with van der Waals surface area (Å²) in [5.41, 5.74) is -0.0207. The van der Waals surface area contributed by atoms with Crippen LogP contribution in [0.4, 0.5) is 17.6 Å². The molecule has 1 aliphatic heterocycles. The second kappa shape index (κ2) is 4.07. The smallest absolute Gasteiger partial charge is 0.335 e. The maximum atomic E-state index is 13.5. The van der Waals surface area contributed by atoms with Crippen molar-refractivity contribution in [1.29, 1.82) is 0 Å². The van der Waals surface area contributed by atoms with Crippen molar-refractivity contribution in [1.82, 2.24) is 0 Å². The Morgan fingerprint density at radius 2 is 1.53 bits per heavy atom. The van der Waals surface area contributed by atoms with Crippen molar-refractivity contribution < 1.29 is 27.0 Å². The number of hydrogen-bond donors (Lipinski definition) is 0. The topological polar surface area (TPSA) is 18.5 Å². The van der Waals surface area contributed by atoms with Gasteiger partial charge < -0.3 is 9.47 Å². The van der Waals surface area contributed by atoms with Crippen molar-refractivity contribution in [3.63, 3.8) is 0 Å². The van der Waals surface area contributed by atoms with Gasteiger partial charge in [-0.1, -0.05) is 6.92 Å². The Morgan fingerprint density at radius 1 is 0.895 bits per heavy atom. The molecule has 0 amide bonds. The van der Waals surface area contributed by atoms with Crippen LogP contribution < -0.4 is 0 Å². The zero-order valence-electron chi connectivity index (χ0n) is 10.8. The van der Waals surface area contributed by atoms with E-state index in [0.717, 1.165) is 6.42 Å². The Morgan fingerprint density at radius 3 is 2.21 bits per heavy atom. The van der Waals surface area contributed by atoms with Crippen LogP contribution >= 0.6 is 0 Å². The molecule has 3 bridgehead atoms. The fraction of sp³-hybridized carbons (Fsp3) is 1.00. The minimum Gasteiger partial charge on any atom is -0.372 e. The number of hydrogen-bond acceptors (Lipinski definition) is 2. The van der Waals surface area contributed by atoms with Crippen LogP contribution in [0.3, 0.4) is 0 Å². The van der Waals surface area contributed by atoms with E-state index in [0.29, 0.717) is 19.3 Å². The molecular weight excluding hydrogens is 264 g/mol. The van der Waals surface area contributed by atoms with Gasteiger partial charge in [-0.2, -0.15) is 17.6 Å². The molecule has 2 saturated carbocycles. The predicted octanol–water partition coefficient (Wildman–Crippen LogP) is 3.25. The maximum absolute atomic E-state index is 13.5. The zero-order chi connectivity index (χ0) is 13.9. The van der Waals surface area contributed by atoms with Crippen LogP contribution in [0, 0.1) is 11.3 Å². The quantitative estimate of drug-likeness (QED) is 0.635. The number of halogens is 4. The predicted molar refractivity (Wildman–Crippen MR) is 59.4 cm³/mol. The first-order chi connectivity index (χ1) is 8.71. The maximum Gasteiger partial charge on any atom is 0.335 e. The van der Waals surface area contributed by atoms with Crippen LogP contribution in [0.2, 0.25) is 0 Å². The van der Waals surface area contributed by atoms with Crippen LogP contribution in [-0.4, -0.2) is 37.3 Å². The highest BCUT2D eigenvalue weighted by atomic mass is 19.3. The second-order valence-corrected chi connectivity index (χ2v) is 6.61. The van der Waals surface area contributed by atoms with Crippen LogP contribution in [0.5, 0.6) is 0 Å². The Bertz CT molecular complexity index is 370. The van der Waals surface area contributed by atoms with Gasteiger partial charge in [0.1, 0.15) is 13.2 Å². The van der Waals surface area contributed by atoms with Crippen LogP contribution in [0.15, 0.2) is 0 Å². The number of ether oxygens (including phenoxy) is 2. The van der Waals surface area contributed by atoms with Gasteiger partial charge in [-0.3, -0.25) is 0 Å². The van der Waals surface area contributed by atoms with E-state index in [1.165, 1.54) is 0 Å². The normalized spacial score (nSPS) is 48.2. The van der Waals surface area contributed by atoms with Gasteiger partial charge in [-0.05, 0) is 37.0 Å². The summed E-state index contributed by atoms with van der Waals surface area (Å²) in [6.07, 6.45) is 2.20. The summed E-state index contributed by atoms with van der Waals surface area (Å²) in [5.74, 6) is -8.17. The van der Waals surface area contributed by atoms with Crippen molar-refractivity contribution in [2.24, 2.45) is 11.3 Å². The van der Waals surface area contributed by atoms with Gasteiger partial charge in [0.25, 0.3) is 0 Å². The summed E-state index contributed by atoms with van der Waals surface area (Å²) in [7, 11) is 0. The summed E-state index contributed by atoms with van der Waals surface area (Å²) in [4.78, 5) is 0. The van der Waals surface area contributed by atoms with Crippen molar-refractivity contribution >= 4 is 0 Å². The molecule has 1 saturated heterocycles. The molecule has 0 aromatic carbocycles. The van der Waals surface area contributed by atoms with E-state index in [1.54, 1.807) is 0 Å². The molecule has 1 heterocycles. The Balaban J connectivity index is 1.85. The van der Waals surface area contributed by atoms with Crippen molar-refractivity contribution in [2.45, 2.75) is 56.7 Å². The molecule has 4 atom stereocenters. The molecule has 2 aliphatic carbocycles. The van der Waals surface area contributed by atoms with Gasteiger partial charge in [0.2, 0.25) is 0 Å².